The molecule has 4 nitrogen and oxygen atoms in total. The maximum Gasteiger partial charge on any atom is 0.319 e. The Balaban J connectivity index is 1.92. The SMILES string of the molecule is Cc1ccc(O)c(NC(=O)NCc2ccc(Br)cc2)c1. The van der Waals surface area contributed by atoms with Gasteiger partial charge < -0.3 is 15.7 Å². The zero-order valence-electron chi connectivity index (χ0n) is 11.0. The van der Waals surface area contributed by atoms with E-state index in [-0.39, 0.29) is 11.8 Å². The summed E-state index contributed by atoms with van der Waals surface area (Å²) >= 11 is 3.36. The van der Waals surface area contributed by atoms with Crippen molar-refractivity contribution in [3.63, 3.8) is 0 Å². The van der Waals surface area contributed by atoms with Gasteiger partial charge in [0, 0.05) is 11.0 Å². The van der Waals surface area contributed by atoms with Gasteiger partial charge in [-0.15, -0.1) is 0 Å². The van der Waals surface area contributed by atoms with E-state index in [1.54, 1.807) is 18.2 Å². The molecule has 0 spiro atoms. The largest absolute Gasteiger partial charge is 0.506 e. The molecular weight excluding hydrogens is 320 g/mol. The Bertz CT molecular complexity index is 612. The molecule has 2 aromatic rings. The first-order valence-corrected chi connectivity index (χ1v) is 6.93. The summed E-state index contributed by atoms with van der Waals surface area (Å²) in [4.78, 5) is 11.8. The summed E-state index contributed by atoms with van der Waals surface area (Å²) in [6.45, 7) is 2.32. The summed E-state index contributed by atoms with van der Waals surface area (Å²) < 4.78 is 0.996. The number of benzene rings is 2. The maximum absolute atomic E-state index is 11.8. The van der Waals surface area contributed by atoms with Gasteiger partial charge in [-0.3, -0.25) is 0 Å². The molecule has 0 heterocycles. The van der Waals surface area contributed by atoms with Crippen LogP contribution >= 0.6 is 15.9 Å². The van der Waals surface area contributed by atoms with Crippen LogP contribution in [0.15, 0.2) is 46.9 Å². The Hall–Kier alpha value is -2.01. The van der Waals surface area contributed by atoms with Gasteiger partial charge in [-0.05, 0) is 42.3 Å². The lowest BCUT2D eigenvalue weighted by Gasteiger charge is -2.10. The Morgan fingerprint density at radius 1 is 1.20 bits per heavy atom. The van der Waals surface area contributed by atoms with Crippen molar-refractivity contribution in [1.82, 2.24) is 5.32 Å². The van der Waals surface area contributed by atoms with Crippen molar-refractivity contribution in [2.75, 3.05) is 5.32 Å². The zero-order valence-corrected chi connectivity index (χ0v) is 12.6. The van der Waals surface area contributed by atoms with E-state index < -0.39 is 0 Å². The Labute approximate surface area is 126 Å². The maximum atomic E-state index is 11.8. The number of phenols is 1. The highest BCUT2D eigenvalue weighted by atomic mass is 79.9. The molecule has 0 aliphatic carbocycles. The highest BCUT2D eigenvalue weighted by Crippen LogP contribution is 2.23. The van der Waals surface area contributed by atoms with Gasteiger partial charge in [-0.1, -0.05) is 34.1 Å². The third-order valence-electron chi connectivity index (χ3n) is 2.77. The van der Waals surface area contributed by atoms with Gasteiger partial charge in [0.05, 0.1) is 5.69 Å². The van der Waals surface area contributed by atoms with Gasteiger partial charge in [0.15, 0.2) is 0 Å². The van der Waals surface area contributed by atoms with Crippen LogP contribution in [0.2, 0.25) is 0 Å². The standard InChI is InChI=1S/C15H15BrN2O2/c1-10-2-7-14(19)13(8-10)18-15(20)17-9-11-3-5-12(16)6-4-11/h2-8,19H,9H2,1H3,(H2,17,18,20). The van der Waals surface area contributed by atoms with E-state index in [1.165, 1.54) is 0 Å². The fraction of sp³-hybridized carbons (Fsp3) is 0.133. The molecule has 0 aromatic heterocycles. The lowest BCUT2D eigenvalue weighted by molar-refractivity contribution is 0.251. The predicted molar refractivity (Wildman–Crippen MR) is 82.8 cm³/mol. The van der Waals surface area contributed by atoms with Gasteiger partial charge in [-0.25, -0.2) is 4.79 Å². The molecule has 3 N–H and O–H groups in total. The van der Waals surface area contributed by atoms with Crippen LogP contribution < -0.4 is 10.6 Å². The molecule has 0 atom stereocenters. The second kappa shape index (κ2) is 6.43. The molecule has 2 amide bonds. The van der Waals surface area contributed by atoms with Crippen molar-refractivity contribution in [2.45, 2.75) is 13.5 Å². The molecule has 0 radical (unpaired) electrons. The van der Waals surface area contributed by atoms with Gasteiger partial charge in [0.2, 0.25) is 0 Å². The predicted octanol–water partition coefficient (Wildman–Crippen LogP) is 3.78. The number of carbonyl (C=O) groups is 1. The lowest BCUT2D eigenvalue weighted by atomic mass is 10.2. The van der Waals surface area contributed by atoms with Crippen LogP contribution in [0.4, 0.5) is 10.5 Å². The molecule has 0 unspecified atom stereocenters. The number of urea groups is 1. The van der Waals surface area contributed by atoms with Crippen LogP contribution in [-0.2, 0) is 6.54 Å². The fourth-order valence-corrected chi connectivity index (χ4v) is 1.97. The second-order valence-electron chi connectivity index (χ2n) is 4.45. The summed E-state index contributed by atoms with van der Waals surface area (Å²) in [6, 6.07) is 12.4. The molecule has 104 valence electrons. The summed E-state index contributed by atoms with van der Waals surface area (Å²) in [5.41, 5.74) is 2.36. The average molecular weight is 335 g/mol. The van der Waals surface area contributed by atoms with E-state index in [0.717, 1.165) is 15.6 Å². The van der Waals surface area contributed by atoms with Crippen molar-refractivity contribution in [1.29, 1.82) is 0 Å². The normalized spacial score (nSPS) is 10.1. The van der Waals surface area contributed by atoms with E-state index in [9.17, 15) is 9.90 Å². The monoisotopic (exact) mass is 334 g/mol. The number of phenolic OH excluding ortho intramolecular Hbond substituents is 1. The molecule has 0 fully saturated rings. The van der Waals surface area contributed by atoms with E-state index in [1.807, 2.05) is 31.2 Å². The van der Waals surface area contributed by atoms with E-state index in [2.05, 4.69) is 26.6 Å². The number of hydrogen-bond donors (Lipinski definition) is 3. The third kappa shape index (κ3) is 3.99. The van der Waals surface area contributed by atoms with Crippen LogP contribution in [0, 0.1) is 6.92 Å². The molecule has 20 heavy (non-hydrogen) atoms. The minimum absolute atomic E-state index is 0.0504. The number of nitrogens with one attached hydrogen (secondary N) is 2. The van der Waals surface area contributed by atoms with Gasteiger partial charge in [0.25, 0.3) is 0 Å². The van der Waals surface area contributed by atoms with Gasteiger partial charge in [0.1, 0.15) is 5.75 Å². The number of halogens is 1. The Morgan fingerprint density at radius 2 is 1.90 bits per heavy atom. The van der Waals surface area contributed by atoms with Crippen LogP contribution in [0.3, 0.4) is 0 Å². The zero-order chi connectivity index (χ0) is 14.5. The Kier molecular flexibility index (Phi) is 4.63. The van der Waals surface area contributed by atoms with Crippen molar-refractivity contribution in [2.24, 2.45) is 0 Å². The third-order valence-corrected chi connectivity index (χ3v) is 3.30. The number of aromatic hydroxyl groups is 1. The quantitative estimate of drug-likeness (QED) is 0.748. The molecule has 0 aliphatic heterocycles. The van der Waals surface area contributed by atoms with Crippen LogP contribution in [0.5, 0.6) is 5.75 Å². The van der Waals surface area contributed by atoms with E-state index in [4.69, 9.17) is 0 Å². The van der Waals surface area contributed by atoms with Crippen molar-refractivity contribution >= 4 is 27.6 Å². The minimum atomic E-state index is -0.353. The molecule has 0 saturated heterocycles. The number of carbonyl (C=O) groups excluding carboxylic acids is 1. The number of anilines is 1. The summed E-state index contributed by atoms with van der Waals surface area (Å²) in [6.07, 6.45) is 0. The topological polar surface area (TPSA) is 61.4 Å². The van der Waals surface area contributed by atoms with Crippen LogP contribution in [0.1, 0.15) is 11.1 Å². The molecule has 0 bridgehead atoms. The first-order chi connectivity index (χ1) is 9.54. The smallest absolute Gasteiger partial charge is 0.319 e. The summed E-state index contributed by atoms with van der Waals surface area (Å²) in [5.74, 6) is 0.0504. The van der Waals surface area contributed by atoms with Gasteiger partial charge in [-0.2, -0.15) is 0 Å². The lowest BCUT2D eigenvalue weighted by Crippen LogP contribution is -2.28. The first kappa shape index (κ1) is 14.4. The van der Waals surface area contributed by atoms with Crippen molar-refractivity contribution < 1.29 is 9.90 Å². The van der Waals surface area contributed by atoms with Crippen LogP contribution in [-0.4, -0.2) is 11.1 Å². The Morgan fingerprint density at radius 3 is 2.60 bits per heavy atom. The summed E-state index contributed by atoms with van der Waals surface area (Å²) in [5, 5.41) is 15.0. The summed E-state index contributed by atoms with van der Waals surface area (Å²) in [7, 11) is 0. The molecule has 5 heteroatoms. The number of hydrogen-bond acceptors (Lipinski definition) is 2. The highest BCUT2D eigenvalue weighted by molar-refractivity contribution is 9.10. The van der Waals surface area contributed by atoms with Gasteiger partial charge >= 0.3 is 6.03 Å². The van der Waals surface area contributed by atoms with E-state index >= 15 is 0 Å². The molecule has 2 aromatic carbocycles. The van der Waals surface area contributed by atoms with Crippen molar-refractivity contribution in [3.8, 4) is 5.75 Å². The van der Waals surface area contributed by atoms with Crippen molar-refractivity contribution in [3.05, 3.63) is 58.1 Å². The van der Waals surface area contributed by atoms with Crippen LogP contribution in [0.25, 0.3) is 0 Å². The highest BCUT2D eigenvalue weighted by Gasteiger charge is 2.06. The number of rotatable bonds is 3. The van der Waals surface area contributed by atoms with E-state index in [0.29, 0.717) is 12.2 Å². The molecule has 0 saturated carbocycles. The average Bonchev–Trinajstić information content (AvgIpc) is 2.42. The number of aryl methyl sites for hydroxylation is 1. The molecule has 2 rings (SSSR count). The fourth-order valence-electron chi connectivity index (χ4n) is 1.70. The second-order valence-corrected chi connectivity index (χ2v) is 5.37. The molecular formula is C15H15BrN2O2. The number of amides is 2. The minimum Gasteiger partial charge on any atom is -0.506 e. The molecule has 0 aliphatic rings. The first-order valence-electron chi connectivity index (χ1n) is 6.13.